The molecule has 0 spiro atoms. The van der Waals surface area contributed by atoms with Gasteiger partial charge in [-0.25, -0.2) is 0 Å². The third-order valence-corrected chi connectivity index (χ3v) is 5.08. The average molecular weight is 341 g/mol. The first-order chi connectivity index (χ1) is 12.0. The van der Waals surface area contributed by atoms with E-state index >= 15 is 0 Å². The van der Waals surface area contributed by atoms with Crippen molar-refractivity contribution in [2.75, 3.05) is 0 Å². The quantitative estimate of drug-likeness (QED) is 0.782. The van der Waals surface area contributed by atoms with Gasteiger partial charge in [0.15, 0.2) is 0 Å². The van der Waals surface area contributed by atoms with Crippen molar-refractivity contribution >= 4 is 22.7 Å². The van der Waals surface area contributed by atoms with Crippen LogP contribution in [0.15, 0.2) is 30.5 Å². The number of aromatic nitrogens is 1. The molecule has 0 saturated heterocycles. The second-order valence-electron chi connectivity index (χ2n) is 7.29. The van der Waals surface area contributed by atoms with E-state index in [1.807, 2.05) is 30.5 Å². The molecule has 3 rings (SSSR count). The first-order valence-corrected chi connectivity index (χ1v) is 9.15. The molecule has 1 aliphatic carbocycles. The summed E-state index contributed by atoms with van der Waals surface area (Å²) in [5.74, 6) is 0.378. The largest absolute Gasteiger partial charge is 0.361 e. The van der Waals surface area contributed by atoms with Crippen molar-refractivity contribution < 1.29 is 9.59 Å². The predicted molar refractivity (Wildman–Crippen MR) is 99.2 cm³/mol. The number of amides is 2. The lowest BCUT2D eigenvalue weighted by molar-refractivity contribution is -0.128. The van der Waals surface area contributed by atoms with E-state index in [1.165, 1.54) is 13.3 Å². The predicted octanol–water partition coefficient (Wildman–Crippen LogP) is 2.91. The molecular weight excluding hydrogens is 314 g/mol. The van der Waals surface area contributed by atoms with Crippen molar-refractivity contribution in [1.29, 1.82) is 0 Å². The van der Waals surface area contributed by atoms with E-state index in [2.05, 4.69) is 22.5 Å². The lowest BCUT2D eigenvalue weighted by atomic mass is 9.87. The highest BCUT2D eigenvalue weighted by molar-refractivity contribution is 5.89. The number of hydrogen-bond acceptors (Lipinski definition) is 2. The van der Waals surface area contributed by atoms with E-state index < -0.39 is 6.04 Å². The van der Waals surface area contributed by atoms with Gasteiger partial charge in [-0.2, -0.15) is 0 Å². The zero-order chi connectivity index (χ0) is 17.8. The van der Waals surface area contributed by atoms with Gasteiger partial charge in [0.1, 0.15) is 6.04 Å². The Morgan fingerprint density at radius 3 is 2.84 bits per heavy atom. The van der Waals surface area contributed by atoms with Gasteiger partial charge in [-0.05, 0) is 30.4 Å². The van der Waals surface area contributed by atoms with E-state index in [4.69, 9.17) is 0 Å². The van der Waals surface area contributed by atoms with Gasteiger partial charge in [0.2, 0.25) is 11.8 Å². The number of hydrogen-bond donors (Lipinski definition) is 3. The summed E-state index contributed by atoms with van der Waals surface area (Å²) in [6.07, 6.45) is 6.84. The molecule has 3 atom stereocenters. The summed E-state index contributed by atoms with van der Waals surface area (Å²) in [4.78, 5) is 27.6. The molecule has 3 N–H and O–H groups in total. The number of carbonyl (C=O) groups excluding carboxylic acids is 2. The fourth-order valence-electron chi connectivity index (χ4n) is 3.84. The average Bonchev–Trinajstić information content (AvgIpc) is 2.97. The van der Waals surface area contributed by atoms with Crippen LogP contribution >= 0.6 is 0 Å². The third-order valence-electron chi connectivity index (χ3n) is 5.08. The molecule has 2 aromatic rings. The second-order valence-corrected chi connectivity index (χ2v) is 7.29. The van der Waals surface area contributed by atoms with Gasteiger partial charge in [0.25, 0.3) is 0 Å². The molecule has 3 unspecified atom stereocenters. The van der Waals surface area contributed by atoms with E-state index in [0.29, 0.717) is 12.3 Å². The Bertz CT molecular complexity index is 752. The molecule has 1 aliphatic rings. The van der Waals surface area contributed by atoms with Gasteiger partial charge in [0, 0.05) is 36.5 Å². The molecule has 2 amide bonds. The Kier molecular flexibility index (Phi) is 5.41. The minimum absolute atomic E-state index is 0.0837. The molecule has 1 heterocycles. The number of H-pyrrole nitrogens is 1. The maximum absolute atomic E-state index is 12.8. The minimum atomic E-state index is -0.547. The topological polar surface area (TPSA) is 74.0 Å². The molecule has 0 bridgehead atoms. The fraction of sp³-hybridized carbons (Fsp3) is 0.500. The Hall–Kier alpha value is -2.30. The summed E-state index contributed by atoms with van der Waals surface area (Å²) in [5, 5.41) is 7.06. The zero-order valence-electron chi connectivity index (χ0n) is 15.0. The normalized spacial score (nSPS) is 21.7. The van der Waals surface area contributed by atoms with Gasteiger partial charge in [-0.15, -0.1) is 0 Å². The fourth-order valence-corrected chi connectivity index (χ4v) is 3.84. The summed E-state index contributed by atoms with van der Waals surface area (Å²) < 4.78 is 0. The standard InChI is InChI=1S/C20H27N3O2/c1-13-6-5-7-16(10-13)23-20(25)19(22-14(2)24)11-15-12-21-18-9-4-3-8-17(15)18/h3-4,8-9,12-13,16,19,21H,5-7,10-11H2,1-2H3,(H,22,24)(H,23,25). The van der Waals surface area contributed by atoms with Crippen molar-refractivity contribution in [2.24, 2.45) is 5.92 Å². The van der Waals surface area contributed by atoms with E-state index in [0.717, 1.165) is 35.7 Å². The van der Waals surface area contributed by atoms with Gasteiger partial charge >= 0.3 is 0 Å². The Labute approximate surface area is 148 Å². The van der Waals surface area contributed by atoms with Crippen LogP contribution in [0.4, 0.5) is 0 Å². The molecule has 5 nitrogen and oxygen atoms in total. The number of fused-ring (bicyclic) bond motifs is 1. The van der Waals surface area contributed by atoms with Crippen LogP contribution in [-0.4, -0.2) is 28.9 Å². The van der Waals surface area contributed by atoms with Crippen LogP contribution in [0.25, 0.3) is 10.9 Å². The summed E-state index contributed by atoms with van der Waals surface area (Å²) in [6, 6.07) is 7.67. The summed E-state index contributed by atoms with van der Waals surface area (Å²) >= 11 is 0. The molecule has 1 aromatic carbocycles. The molecule has 1 aromatic heterocycles. The highest BCUT2D eigenvalue weighted by atomic mass is 16.2. The maximum atomic E-state index is 12.8. The number of benzene rings is 1. The van der Waals surface area contributed by atoms with Gasteiger partial charge in [0.05, 0.1) is 0 Å². The molecule has 0 aliphatic heterocycles. The zero-order valence-corrected chi connectivity index (χ0v) is 15.0. The van der Waals surface area contributed by atoms with E-state index in [1.54, 1.807) is 0 Å². The van der Waals surface area contributed by atoms with Crippen molar-refractivity contribution in [1.82, 2.24) is 15.6 Å². The van der Waals surface area contributed by atoms with Crippen LogP contribution in [0, 0.1) is 5.92 Å². The highest BCUT2D eigenvalue weighted by Gasteiger charge is 2.26. The second kappa shape index (κ2) is 7.72. The number of para-hydroxylation sites is 1. The van der Waals surface area contributed by atoms with Gasteiger partial charge < -0.3 is 15.6 Å². The van der Waals surface area contributed by atoms with Crippen LogP contribution in [0.2, 0.25) is 0 Å². The number of rotatable bonds is 5. The van der Waals surface area contributed by atoms with Crippen molar-refractivity contribution in [3.05, 3.63) is 36.0 Å². The summed E-state index contributed by atoms with van der Waals surface area (Å²) in [7, 11) is 0. The summed E-state index contributed by atoms with van der Waals surface area (Å²) in [5.41, 5.74) is 2.09. The van der Waals surface area contributed by atoms with Crippen molar-refractivity contribution in [2.45, 2.75) is 58.0 Å². The van der Waals surface area contributed by atoms with Crippen LogP contribution in [0.5, 0.6) is 0 Å². The van der Waals surface area contributed by atoms with Crippen LogP contribution < -0.4 is 10.6 Å². The molecule has 5 heteroatoms. The molecule has 1 fully saturated rings. The molecule has 1 saturated carbocycles. The minimum Gasteiger partial charge on any atom is -0.361 e. The lowest BCUT2D eigenvalue weighted by Gasteiger charge is -2.29. The first kappa shape index (κ1) is 17.5. The smallest absolute Gasteiger partial charge is 0.243 e. The molecular formula is C20H27N3O2. The monoisotopic (exact) mass is 341 g/mol. The van der Waals surface area contributed by atoms with Gasteiger partial charge in [-0.1, -0.05) is 38.0 Å². The van der Waals surface area contributed by atoms with Gasteiger partial charge in [-0.3, -0.25) is 9.59 Å². The Balaban J connectivity index is 1.72. The molecule has 25 heavy (non-hydrogen) atoms. The Morgan fingerprint density at radius 2 is 2.08 bits per heavy atom. The number of nitrogens with one attached hydrogen (secondary N) is 3. The van der Waals surface area contributed by atoms with Crippen LogP contribution in [0.1, 0.15) is 45.1 Å². The molecule has 134 valence electrons. The number of aromatic amines is 1. The first-order valence-electron chi connectivity index (χ1n) is 9.15. The Morgan fingerprint density at radius 1 is 1.28 bits per heavy atom. The third kappa shape index (κ3) is 4.41. The van der Waals surface area contributed by atoms with E-state index in [9.17, 15) is 9.59 Å². The number of carbonyl (C=O) groups is 2. The van der Waals surface area contributed by atoms with Crippen LogP contribution in [0.3, 0.4) is 0 Å². The maximum Gasteiger partial charge on any atom is 0.243 e. The van der Waals surface area contributed by atoms with E-state index in [-0.39, 0.29) is 17.9 Å². The van der Waals surface area contributed by atoms with Crippen LogP contribution in [-0.2, 0) is 16.0 Å². The van der Waals surface area contributed by atoms with Crippen molar-refractivity contribution in [3.8, 4) is 0 Å². The molecule has 0 radical (unpaired) electrons. The van der Waals surface area contributed by atoms with Crippen molar-refractivity contribution in [3.63, 3.8) is 0 Å². The highest BCUT2D eigenvalue weighted by Crippen LogP contribution is 2.24. The summed E-state index contributed by atoms with van der Waals surface area (Å²) in [6.45, 7) is 3.69. The SMILES string of the molecule is CC(=O)NC(Cc1c[nH]c2ccccc12)C(=O)NC1CCCC(C)C1. The lowest BCUT2D eigenvalue weighted by Crippen LogP contribution is -2.51.